The van der Waals surface area contributed by atoms with Crippen molar-refractivity contribution in [2.45, 2.75) is 24.7 Å². The molecule has 0 radical (unpaired) electrons. The van der Waals surface area contributed by atoms with Gasteiger partial charge in [0.2, 0.25) is 10.0 Å². The molecule has 1 aliphatic heterocycles. The highest BCUT2D eigenvalue weighted by Crippen LogP contribution is 2.32. The van der Waals surface area contributed by atoms with E-state index in [1.165, 1.54) is 23.5 Å². The molecule has 1 atom stereocenters. The summed E-state index contributed by atoms with van der Waals surface area (Å²) in [6, 6.07) is 6.20. The van der Waals surface area contributed by atoms with Crippen molar-refractivity contribution in [1.29, 1.82) is 0 Å². The first-order valence-corrected chi connectivity index (χ1v) is 9.25. The average Bonchev–Trinajstić information content (AvgIpc) is 2.99. The van der Waals surface area contributed by atoms with Crippen LogP contribution < -0.4 is 10.5 Å². The van der Waals surface area contributed by atoms with Crippen LogP contribution in [-0.4, -0.2) is 52.0 Å². The van der Waals surface area contributed by atoms with Crippen molar-refractivity contribution in [2.75, 3.05) is 33.4 Å². The Kier molecular flexibility index (Phi) is 7.67. The van der Waals surface area contributed by atoms with Crippen LogP contribution in [0.15, 0.2) is 29.2 Å². The predicted molar refractivity (Wildman–Crippen MR) is 96.4 cm³/mol. The number of sulfonamides is 1. The molecule has 2 rings (SSSR count). The van der Waals surface area contributed by atoms with Crippen LogP contribution in [0.5, 0.6) is 5.75 Å². The number of esters is 1. The topological polar surface area (TPSA) is 98.9 Å². The Bertz CT molecular complexity index is 680. The number of nitrogens with zero attached hydrogens (tertiary/aromatic N) is 1. The Labute approximate surface area is 154 Å². The fourth-order valence-corrected chi connectivity index (χ4v) is 4.15. The van der Waals surface area contributed by atoms with Gasteiger partial charge in [-0.05, 0) is 42.6 Å². The van der Waals surface area contributed by atoms with Crippen molar-refractivity contribution in [3.8, 4) is 5.75 Å². The zero-order chi connectivity index (χ0) is 17.8. The highest BCUT2D eigenvalue weighted by Gasteiger charge is 2.38. The summed E-state index contributed by atoms with van der Waals surface area (Å²) in [5, 5.41) is 0. The molecule has 9 heteroatoms. The molecule has 1 heterocycles. The maximum absolute atomic E-state index is 12.7. The van der Waals surface area contributed by atoms with Crippen molar-refractivity contribution in [3.05, 3.63) is 24.3 Å². The summed E-state index contributed by atoms with van der Waals surface area (Å²) in [7, 11) is -2.21. The van der Waals surface area contributed by atoms with Crippen LogP contribution >= 0.6 is 12.4 Å². The molecular weight excluding hydrogens is 368 g/mol. The zero-order valence-corrected chi connectivity index (χ0v) is 16.1. The van der Waals surface area contributed by atoms with E-state index in [0.717, 1.165) is 6.42 Å². The van der Waals surface area contributed by atoms with Gasteiger partial charge in [0.15, 0.2) is 0 Å². The van der Waals surface area contributed by atoms with Gasteiger partial charge in [0, 0.05) is 13.1 Å². The van der Waals surface area contributed by atoms with E-state index in [-0.39, 0.29) is 41.7 Å². The number of methoxy groups -OCH3 is 1. The first kappa shape index (κ1) is 21.7. The van der Waals surface area contributed by atoms with Crippen LogP contribution in [0.3, 0.4) is 0 Å². The van der Waals surface area contributed by atoms with E-state index >= 15 is 0 Å². The monoisotopic (exact) mass is 392 g/mol. The van der Waals surface area contributed by atoms with E-state index in [4.69, 9.17) is 10.5 Å². The molecule has 1 aliphatic rings. The summed E-state index contributed by atoms with van der Waals surface area (Å²) in [6.07, 6.45) is 0.902. The fraction of sp³-hybridized carbons (Fsp3) is 0.562. The van der Waals surface area contributed by atoms with Gasteiger partial charge in [-0.3, -0.25) is 4.79 Å². The second kappa shape index (κ2) is 8.84. The smallest absolute Gasteiger partial charge is 0.308 e. The summed E-state index contributed by atoms with van der Waals surface area (Å²) >= 11 is 0. The minimum absolute atomic E-state index is 0. The normalized spacial score (nSPS) is 20.8. The Morgan fingerprint density at radius 3 is 2.48 bits per heavy atom. The lowest BCUT2D eigenvalue weighted by Gasteiger charge is -2.22. The van der Waals surface area contributed by atoms with Gasteiger partial charge in [-0.2, -0.15) is 4.31 Å². The van der Waals surface area contributed by atoms with E-state index in [0.29, 0.717) is 25.4 Å². The number of rotatable bonds is 7. The molecule has 1 aromatic carbocycles. The van der Waals surface area contributed by atoms with Crippen molar-refractivity contribution in [2.24, 2.45) is 11.1 Å². The molecule has 0 aliphatic carbocycles. The first-order valence-electron chi connectivity index (χ1n) is 7.81. The summed E-state index contributed by atoms with van der Waals surface area (Å²) in [4.78, 5) is 11.2. The third kappa shape index (κ3) is 5.31. The zero-order valence-electron chi connectivity index (χ0n) is 14.4. The van der Waals surface area contributed by atoms with Gasteiger partial charge in [-0.25, -0.2) is 8.42 Å². The number of benzene rings is 1. The molecule has 0 amide bonds. The maximum Gasteiger partial charge on any atom is 0.308 e. The Morgan fingerprint density at radius 2 is 1.96 bits per heavy atom. The van der Waals surface area contributed by atoms with Crippen molar-refractivity contribution in [1.82, 2.24) is 4.31 Å². The quantitative estimate of drug-likeness (QED) is 0.704. The molecule has 0 spiro atoms. The van der Waals surface area contributed by atoms with Gasteiger partial charge in [0.1, 0.15) is 5.75 Å². The van der Waals surface area contributed by atoms with Crippen molar-refractivity contribution >= 4 is 28.4 Å². The third-order valence-electron chi connectivity index (χ3n) is 4.28. The molecule has 2 N–H and O–H groups in total. The molecule has 0 saturated carbocycles. The second-order valence-corrected chi connectivity index (χ2v) is 8.19. The van der Waals surface area contributed by atoms with E-state index in [2.05, 4.69) is 4.74 Å². The Balaban J connectivity index is 0.00000312. The van der Waals surface area contributed by atoms with Gasteiger partial charge in [-0.1, -0.05) is 6.92 Å². The van der Waals surface area contributed by atoms with E-state index in [1.807, 2.05) is 6.92 Å². The summed E-state index contributed by atoms with van der Waals surface area (Å²) in [5.41, 5.74) is 5.58. The largest absolute Gasteiger partial charge is 0.493 e. The average molecular weight is 393 g/mol. The number of nitrogens with two attached hydrogens (primary N) is 1. The van der Waals surface area contributed by atoms with Gasteiger partial charge < -0.3 is 15.2 Å². The fourth-order valence-electron chi connectivity index (χ4n) is 2.56. The van der Waals surface area contributed by atoms with Crippen LogP contribution in [0, 0.1) is 5.41 Å². The standard InChI is InChI=1S/C16H24N2O5S.ClH/c1-16(11-17)8-9-18(12-16)24(20,21)14-5-3-13(4-6-14)23-10-7-15(19)22-2;/h3-6H,7-12,17H2,1-2H3;1H. The van der Waals surface area contributed by atoms with Crippen molar-refractivity contribution < 1.29 is 22.7 Å². The SMILES string of the molecule is COC(=O)CCOc1ccc(S(=O)(=O)N2CCC(C)(CN)C2)cc1.Cl. The summed E-state index contributed by atoms with van der Waals surface area (Å²) in [5.74, 6) is 0.150. The number of halogens is 1. The molecule has 1 aromatic rings. The molecule has 1 fully saturated rings. The third-order valence-corrected chi connectivity index (χ3v) is 6.14. The number of hydrogen-bond acceptors (Lipinski definition) is 6. The van der Waals surface area contributed by atoms with Crippen LogP contribution in [0.25, 0.3) is 0 Å². The molecule has 0 bridgehead atoms. The number of ether oxygens (including phenoxy) is 2. The van der Waals surface area contributed by atoms with Gasteiger partial charge in [0.05, 0.1) is 25.0 Å². The molecule has 7 nitrogen and oxygen atoms in total. The molecule has 142 valence electrons. The van der Waals surface area contributed by atoms with Crippen LogP contribution in [0.4, 0.5) is 0 Å². The predicted octanol–water partition coefficient (Wildman–Crippen LogP) is 1.41. The second-order valence-electron chi connectivity index (χ2n) is 6.25. The van der Waals surface area contributed by atoms with Gasteiger partial charge >= 0.3 is 5.97 Å². The van der Waals surface area contributed by atoms with E-state index < -0.39 is 10.0 Å². The minimum Gasteiger partial charge on any atom is -0.493 e. The molecule has 1 unspecified atom stereocenters. The summed E-state index contributed by atoms with van der Waals surface area (Å²) < 4.78 is 36.7. The van der Waals surface area contributed by atoms with Crippen LogP contribution in [0.2, 0.25) is 0 Å². The number of hydrogen-bond donors (Lipinski definition) is 1. The Hall–Kier alpha value is -1.35. The van der Waals surface area contributed by atoms with Crippen LogP contribution in [0.1, 0.15) is 19.8 Å². The van der Waals surface area contributed by atoms with E-state index in [9.17, 15) is 13.2 Å². The number of carbonyl (C=O) groups excluding carboxylic acids is 1. The maximum atomic E-state index is 12.7. The molecule has 25 heavy (non-hydrogen) atoms. The Morgan fingerprint density at radius 1 is 1.32 bits per heavy atom. The van der Waals surface area contributed by atoms with E-state index in [1.54, 1.807) is 12.1 Å². The lowest BCUT2D eigenvalue weighted by Crippen LogP contribution is -2.34. The highest BCUT2D eigenvalue weighted by atomic mass is 35.5. The van der Waals surface area contributed by atoms with Crippen molar-refractivity contribution in [3.63, 3.8) is 0 Å². The number of carbonyl (C=O) groups is 1. The van der Waals surface area contributed by atoms with Gasteiger partial charge in [0.25, 0.3) is 0 Å². The molecular formula is C16H25ClN2O5S. The molecule has 1 saturated heterocycles. The summed E-state index contributed by atoms with van der Waals surface area (Å²) in [6.45, 7) is 3.56. The minimum atomic E-state index is -3.53. The molecule has 0 aromatic heterocycles. The highest BCUT2D eigenvalue weighted by molar-refractivity contribution is 7.89. The lowest BCUT2D eigenvalue weighted by atomic mass is 9.90. The first-order chi connectivity index (χ1) is 11.3. The van der Waals surface area contributed by atoms with Crippen LogP contribution in [-0.2, 0) is 19.6 Å². The van der Waals surface area contributed by atoms with Gasteiger partial charge in [-0.15, -0.1) is 12.4 Å². The lowest BCUT2D eigenvalue weighted by molar-refractivity contribution is -0.141.